The van der Waals surface area contributed by atoms with Crippen LogP contribution in [0.4, 0.5) is 5.69 Å². The van der Waals surface area contributed by atoms with Gasteiger partial charge < -0.3 is 15.8 Å². The molecule has 1 amide bonds. The quantitative estimate of drug-likeness (QED) is 0.558. The van der Waals surface area contributed by atoms with Gasteiger partial charge in [-0.1, -0.05) is 12.1 Å². The Morgan fingerprint density at radius 2 is 2.21 bits per heavy atom. The topological polar surface area (TPSA) is 64.3 Å². The first kappa shape index (κ1) is 15.5. The number of anilines is 1. The summed E-state index contributed by atoms with van der Waals surface area (Å²) in [5.41, 5.74) is 7.52. The lowest BCUT2D eigenvalue weighted by atomic mass is 10.1. The van der Waals surface area contributed by atoms with Gasteiger partial charge in [0.15, 0.2) is 0 Å². The van der Waals surface area contributed by atoms with E-state index in [4.69, 9.17) is 10.5 Å². The minimum atomic E-state index is 0.0759. The number of nitrogens with one attached hydrogen (secondary N) is 1. The van der Waals surface area contributed by atoms with Gasteiger partial charge in [0, 0.05) is 25.3 Å². The maximum Gasteiger partial charge on any atom is 0.220 e. The normalized spacial score (nSPS) is 10.7. The Morgan fingerprint density at radius 1 is 1.42 bits per heavy atom. The predicted molar refractivity (Wildman–Crippen MR) is 77.9 cm³/mol. The molecule has 0 aliphatic carbocycles. The molecule has 0 unspecified atom stereocenters. The van der Waals surface area contributed by atoms with Crippen LogP contribution in [0.25, 0.3) is 0 Å². The summed E-state index contributed by atoms with van der Waals surface area (Å²) in [6.07, 6.45) is 2.31. The van der Waals surface area contributed by atoms with Crippen LogP contribution < -0.4 is 11.1 Å². The van der Waals surface area contributed by atoms with Crippen LogP contribution in [0.5, 0.6) is 0 Å². The van der Waals surface area contributed by atoms with E-state index in [0.29, 0.717) is 19.6 Å². The Morgan fingerprint density at radius 3 is 2.89 bits per heavy atom. The number of amides is 1. The van der Waals surface area contributed by atoms with Gasteiger partial charge in [0.05, 0.1) is 6.10 Å². The lowest BCUT2D eigenvalue weighted by Crippen LogP contribution is -2.25. The molecule has 0 aromatic heterocycles. The summed E-state index contributed by atoms with van der Waals surface area (Å²) in [6.45, 7) is 5.37. The number of benzene rings is 1. The third-order valence-corrected chi connectivity index (χ3v) is 2.69. The van der Waals surface area contributed by atoms with E-state index in [1.54, 1.807) is 0 Å². The SMILES string of the molecule is CC(C)OCCCNC(=O)CCc1cccc(N)c1. The second kappa shape index (κ2) is 8.53. The summed E-state index contributed by atoms with van der Waals surface area (Å²) < 4.78 is 5.40. The molecule has 3 N–H and O–H groups in total. The molecule has 4 nitrogen and oxygen atoms in total. The average Bonchev–Trinajstić information content (AvgIpc) is 2.35. The summed E-state index contributed by atoms with van der Waals surface area (Å²) >= 11 is 0. The molecule has 1 rings (SSSR count). The van der Waals surface area contributed by atoms with Crippen molar-refractivity contribution in [1.82, 2.24) is 5.32 Å². The molecule has 0 saturated heterocycles. The van der Waals surface area contributed by atoms with Gasteiger partial charge in [-0.3, -0.25) is 4.79 Å². The molecule has 0 fully saturated rings. The monoisotopic (exact) mass is 264 g/mol. The van der Waals surface area contributed by atoms with Gasteiger partial charge in [-0.05, 0) is 44.4 Å². The van der Waals surface area contributed by atoms with E-state index in [1.807, 2.05) is 38.1 Å². The zero-order chi connectivity index (χ0) is 14.1. The van der Waals surface area contributed by atoms with Gasteiger partial charge in [0.2, 0.25) is 5.91 Å². The van der Waals surface area contributed by atoms with Crippen molar-refractivity contribution in [3.63, 3.8) is 0 Å². The smallest absolute Gasteiger partial charge is 0.220 e. The minimum absolute atomic E-state index is 0.0759. The van der Waals surface area contributed by atoms with Crippen LogP contribution in [0.1, 0.15) is 32.3 Å². The molecule has 106 valence electrons. The van der Waals surface area contributed by atoms with Crippen molar-refractivity contribution >= 4 is 11.6 Å². The van der Waals surface area contributed by atoms with Gasteiger partial charge in [0.1, 0.15) is 0 Å². The molecule has 0 atom stereocenters. The Hall–Kier alpha value is -1.55. The molecule has 0 aliphatic rings. The van der Waals surface area contributed by atoms with Crippen LogP contribution in [-0.2, 0) is 16.0 Å². The summed E-state index contributed by atoms with van der Waals surface area (Å²) in [6, 6.07) is 7.65. The molecule has 1 aromatic rings. The molecule has 0 spiro atoms. The summed E-state index contributed by atoms with van der Waals surface area (Å²) in [5, 5.41) is 2.89. The fraction of sp³-hybridized carbons (Fsp3) is 0.533. The van der Waals surface area contributed by atoms with Crippen molar-refractivity contribution in [1.29, 1.82) is 0 Å². The molecule has 0 bridgehead atoms. The maximum atomic E-state index is 11.6. The van der Waals surface area contributed by atoms with Crippen molar-refractivity contribution in [3.8, 4) is 0 Å². The first-order valence-electron chi connectivity index (χ1n) is 6.80. The van der Waals surface area contributed by atoms with Crippen molar-refractivity contribution in [2.24, 2.45) is 0 Å². The number of nitrogens with two attached hydrogens (primary N) is 1. The number of hydrogen-bond donors (Lipinski definition) is 2. The molecular weight excluding hydrogens is 240 g/mol. The van der Waals surface area contributed by atoms with Crippen molar-refractivity contribution in [2.45, 2.75) is 39.2 Å². The van der Waals surface area contributed by atoms with E-state index in [2.05, 4.69) is 5.32 Å². The molecule has 0 radical (unpaired) electrons. The van der Waals surface area contributed by atoms with E-state index in [0.717, 1.165) is 24.1 Å². The molecular formula is C15H24N2O2. The number of hydrogen-bond acceptors (Lipinski definition) is 3. The molecule has 0 heterocycles. The van der Waals surface area contributed by atoms with Crippen LogP contribution in [0, 0.1) is 0 Å². The summed E-state index contributed by atoms with van der Waals surface area (Å²) in [5.74, 6) is 0.0759. The third-order valence-electron chi connectivity index (χ3n) is 2.69. The Labute approximate surface area is 115 Å². The molecule has 0 saturated carbocycles. The Kier molecular flexibility index (Phi) is 6.97. The lowest BCUT2D eigenvalue weighted by Gasteiger charge is -2.08. The fourth-order valence-corrected chi connectivity index (χ4v) is 1.71. The van der Waals surface area contributed by atoms with Crippen LogP contribution in [0.3, 0.4) is 0 Å². The Balaban J connectivity index is 2.11. The number of nitrogen functional groups attached to an aromatic ring is 1. The number of carbonyl (C=O) groups is 1. The molecule has 1 aromatic carbocycles. The van der Waals surface area contributed by atoms with Gasteiger partial charge in [-0.2, -0.15) is 0 Å². The average molecular weight is 264 g/mol. The predicted octanol–water partition coefficient (Wildman–Crippen LogP) is 2.13. The lowest BCUT2D eigenvalue weighted by molar-refractivity contribution is -0.121. The van der Waals surface area contributed by atoms with E-state index in [1.165, 1.54) is 0 Å². The third kappa shape index (κ3) is 7.47. The number of rotatable bonds is 8. The maximum absolute atomic E-state index is 11.6. The largest absolute Gasteiger partial charge is 0.399 e. The standard InChI is InChI=1S/C15H24N2O2/c1-12(2)19-10-4-9-17-15(18)8-7-13-5-3-6-14(16)11-13/h3,5-6,11-12H,4,7-10,16H2,1-2H3,(H,17,18). The van der Waals surface area contributed by atoms with Crippen LogP contribution >= 0.6 is 0 Å². The molecule has 4 heteroatoms. The number of ether oxygens (including phenoxy) is 1. The zero-order valence-electron chi connectivity index (χ0n) is 11.8. The molecule has 0 aliphatic heterocycles. The highest BCUT2D eigenvalue weighted by Gasteiger charge is 2.02. The second-order valence-corrected chi connectivity index (χ2v) is 4.87. The van der Waals surface area contributed by atoms with Gasteiger partial charge in [0.25, 0.3) is 0 Å². The zero-order valence-corrected chi connectivity index (χ0v) is 11.8. The number of carbonyl (C=O) groups excluding carboxylic acids is 1. The van der Waals surface area contributed by atoms with Crippen LogP contribution in [0.2, 0.25) is 0 Å². The highest BCUT2D eigenvalue weighted by Crippen LogP contribution is 2.08. The van der Waals surface area contributed by atoms with E-state index in [9.17, 15) is 4.79 Å². The van der Waals surface area contributed by atoms with E-state index < -0.39 is 0 Å². The molecule has 19 heavy (non-hydrogen) atoms. The summed E-state index contributed by atoms with van der Waals surface area (Å²) in [7, 11) is 0. The van der Waals surface area contributed by atoms with Crippen molar-refractivity contribution < 1.29 is 9.53 Å². The van der Waals surface area contributed by atoms with E-state index in [-0.39, 0.29) is 12.0 Å². The van der Waals surface area contributed by atoms with Crippen LogP contribution in [-0.4, -0.2) is 25.2 Å². The fourth-order valence-electron chi connectivity index (χ4n) is 1.71. The van der Waals surface area contributed by atoms with Gasteiger partial charge in [-0.25, -0.2) is 0 Å². The number of aryl methyl sites for hydroxylation is 1. The highest BCUT2D eigenvalue weighted by molar-refractivity contribution is 5.76. The van der Waals surface area contributed by atoms with Crippen LogP contribution in [0.15, 0.2) is 24.3 Å². The van der Waals surface area contributed by atoms with Crippen molar-refractivity contribution in [2.75, 3.05) is 18.9 Å². The second-order valence-electron chi connectivity index (χ2n) is 4.87. The highest BCUT2D eigenvalue weighted by atomic mass is 16.5. The van der Waals surface area contributed by atoms with Crippen molar-refractivity contribution in [3.05, 3.63) is 29.8 Å². The summed E-state index contributed by atoms with van der Waals surface area (Å²) in [4.78, 5) is 11.6. The van der Waals surface area contributed by atoms with E-state index >= 15 is 0 Å². The Bertz CT molecular complexity index is 391. The van der Waals surface area contributed by atoms with Gasteiger partial charge in [-0.15, -0.1) is 0 Å². The van der Waals surface area contributed by atoms with Gasteiger partial charge >= 0.3 is 0 Å². The first-order valence-corrected chi connectivity index (χ1v) is 6.80. The minimum Gasteiger partial charge on any atom is -0.399 e. The first-order chi connectivity index (χ1) is 9.08.